The normalized spacial score (nSPS) is 12.2. The van der Waals surface area contributed by atoms with Crippen molar-refractivity contribution in [2.75, 3.05) is 14.2 Å². The first kappa shape index (κ1) is 15.7. The summed E-state index contributed by atoms with van der Waals surface area (Å²) in [5.74, 6) is 1.42. The monoisotopic (exact) mass is 309 g/mol. The number of nitrogens with zero attached hydrogens (tertiary/aromatic N) is 2. The quantitative estimate of drug-likeness (QED) is 0.891. The number of ether oxygens (including phenoxy) is 2. The molecule has 0 radical (unpaired) electrons. The van der Waals surface area contributed by atoms with E-state index < -0.39 is 6.04 Å². The van der Waals surface area contributed by atoms with Crippen molar-refractivity contribution in [3.63, 3.8) is 0 Å². The van der Waals surface area contributed by atoms with E-state index in [2.05, 4.69) is 12.0 Å². The molecule has 21 heavy (non-hydrogen) atoms. The van der Waals surface area contributed by atoms with Crippen molar-refractivity contribution in [1.29, 1.82) is 0 Å². The Morgan fingerprint density at radius 1 is 1.33 bits per heavy atom. The molecular weight excluding hydrogens is 290 g/mol. The van der Waals surface area contributed by atoms with E-state index in [1.54, 1.807) is 20.4 Å². The molecular formula is C15H20ClN3O2. The lowest BCUT2D eigenvalue weighted by molar-refractivity contribution is 0.396. The zero-order valence-corrected chi connectivity index (χ0v) is 13.2. The summed E-state index contributed by atoms with van der Waals surface area (Å²) in [6, 6.07) is 5.10. The molecule has 1 aromatic carbocycles. The standard InChI is InChI=1S/C15H20ClN3O2/c1-4-7-19-15(12(16)9-18-19)14(17)11-8-10(20-2)5-6-13(11)21-3/h5-6,8-9,14H,4,7,17H2,1-3H3. The molecule has 1 heterocycles. The van der Waals surface area contributed by atoms with Crippen LogP contribution in [0.4, 0.5) is 0 Å². The molecule has 2 rings (SSSR count). The fourth-order valence-electron chi connectivity index (χ4n) is 2.30. The third-order valence-electron chi connectivity index (χ3n) is 3.34. The first-order valence-corrected chi connectivity index (χ1v) is 7.18. The third-order valence-corrected chi connectivity index (χ3v) is 3.63. The first-order valence-electron chi connectivity index (χ1n) is 6.81. The lowest BCUT2D eigenvalue weighted by Crippen LogP contribution is -2.19. The van der Waals surface area contributed by atoms with Crippen LogP contribution in [-0.4, -0.2) is 24.0 Å². The molecule has 0 aliphatic heterocycles. The smallest absolute Gasteiger partial charge is 0.124 e. The molecule has 0 aliphatic rings. The molecule has 0 saturated heterocycles. The summed E-state index contributed by atoms with van der Waals surface area (Å²) in [4.78, 5) is 0. The van der Waals surface area contributed by atoms with Crippen molar-refractivity contribution in [2.45, 2.75) is 25.9 Å². The largest absolute Gasteiger partial charge is 0.497 e. The molecule has 1 atom stereocenters. The Kier molecular flexibility index (Phi) is 5.09. The molecule has 114 valence electrons. The highest BCUT2D eigenvalue weighted by atomic mass is 35.5. The van der Waals surface area contributed by atoms with Gasteiger partial charge < -0.3 is 15.2 Å². The number of halogens is 1. The zero-order valence-electron chi connectivity index (χ0n) is 12.5. The lowest BCUT2D eigenvalue weighted by Gasteiger charge is -2.18. The number of nitrogens with two attached hydrogens (primary N) is 1. The minimum Gasteiger partial charge on any atom is -0.497 e. The highest BCUT2D eigenvalue weighted by Crippen LogP contribution is 2.34. The van der Waals surface area contributed by atoms with Gasteiger partial charge in [-0.1, -0.05) is 18.5 Å². The average Bonchev–Trinajstić information content (AvgIpc) is 2.87. The van der Waals surface area contributed by atoms with Crippen molar-refractivity contribution in [2.24, 2.45) is 5.73 Å². The van der Waals surface area contributed by atoms with Gasteiger partial charge in [0.1, 0.15) is 11.5 Å². The topological polar surface area (TPSA) is 62.3 Å². The van der Waals surface area contributed by atoms with Gasteiger partial charge in [0.2, 0.25) is 0 Å². The molecule has 0 saturated carbocycles. The van der Waals surface area contributed by atoms with Gasteiger partial charge in [0.25, 0.3) is 0 Å². The van der Waals surface area contributed by atoms with Crippen LogP contribution in [0.25, 0.3) is 0 Å². The number of hydrogen-bond acceptors (Lipinski definition) is 4. The zero-order chi connectivity index (χ0) is 15.4. The Balaban J connectivity index is 2.48. The summed E-state index contributed by atoms with van der Waals surface area (Å²) in [7, 11) is 3.23. The van der Waals surface area contributed by atoms with Crippen LogP contribution in [0.5, 0.6) is 11.5 Å². The maximum Gasteiger partial charge on any atom is 0.124 e. The molecule has 0 spiro atoms. The number of methoxy groups -OCH3 is 2. The van der Waals surface area contributed by atoms with E-state index in [0.29, 0.717) is 10.8 Å². The third kappa shape index (κ3) is 3.14. The van der Waals surface area contributed by atoms with Crippen molar-refractivity contribution in [3.8, 4) is 11.5 Å². The lowest BCUT2D eigenvalue weighted by atomic mass is 10.0. The van der Waals surface area contributed by atoms with E-state index in [4.69, 9.17) is 26.8 Å². The van der Waals surface area contributed by atoms with Crippen molar-refractivity contribution < 1.29 is 9.47 Å². The predicted molar refractivity (Wildman–Crippen MR) is 83.1 cm³/mol. The second-order valence-electron chi connectivity index (χ2n) is 4.69. The highest BCUT2D eigenvalue weighted by Gasteiger charge is 2.22. The van der Waals surface area contributed by atoms with Crippen LogP contribution in [0.3, 0.4) is 0 Å². The van der Waals surface area contributed by atoms with Gasteiger partial charge in [0.05, 0.1) is 37.2 Å². The molecule has 2 aromatic rings. The van der Waals surface area contributed by atoms with E-state index in [1.165, 1.54) is 0 Å². The molecule has 0 aliphatic carbocycles. The molecule has 1 unspecified atom stereocenters. The minimum absolute atomic E-state index is 0.434. The van der Waals surface area contributed by atoms with E-state index >= 15 is 0 Å². The number of aryl methyl sites for hydroxylation is 1. The Bertz CT molecular complexity index is 613. The Hall–Kier alpha value is -1.72. The Labute approximate surface area is 129 Å². The van der Waals surface area contributed by atoms with Crippen LogP contribution in [0.2, 0.25) is 5.02 Å². The van der Waals surface area contributed by atoms with Gasteiger partial charge in [-0.3, -0.25) is 4.68 Å². The first-order chi connectivity index (χ1) is 10.1. The molecule has 0 bridgehead atoms. The molecule has 5 nitrogen and oxygen atoms in total. The average molecular weight is 310 g/mol. The van der Waals surface area contributed by atoms with Crippen LogP contribution in [0.15, 0.2) is 24.4 Å². The van der Waals surface area contributed by atoms with Gasteiger partial charge >= 0.3 is 0 Å². The summed E-state index contributed by atoms with van der Waals surface area (Å²) in [6.45, 7) is 2.85. The number of aromatic nitrogens is 2. The fourth-order valence-corrected chi connectivity index (χ4v) is 2.56. The second-order valence-corrected chi connectivity index (χ2v) is 5.09. The Morgan fingerprint density at radius 3 is 2.71 bits per heavy atom. The summed E-state index contributed by atoms with van der Waals surface area (Å²) in [5.41, 5.74) is 8.01. The van der Waals surface area contributed by atoms with E-state index in [0.717, 1.165) is 30.0 Å². The van der Waals surface area contributed by atoms with Gasteiger partial charge in [0.15, 0.2) is 0 Å². The van der Waals surface area contributed by atoms with Crippen LogP contribution in [0.1, 0.15) is 30.6 Å². The number of benzene rings is 1. The van der Waals surface area contributed by atoms with Crippen LogP contribution >= 0.6 is 11.6 Å². The van der Waals surface area contributed by atoms with Crippen molar-refractivity contribution >= 4 is 11.6 Å². The maximum atomic E-state index is 6.41. The van der Waals surface area contributed by atoms with E-state index in [-0.39, 0.29) is 0 Å². The molecule has 6 heteroatoms. The van der Waals surface area contributed by atoms with E-state index in [1.807, 2.05) is 22.9 Å². The van der Waals surface area contributed by atoms with Gasteiger partial charge in [-0.05, 0) is 24.6 Å². The Morgan fingerprint density at radius 2 is 2.10 bits per heavy atom. The number of rotatable bonds is 6. The van der Waals surface area contributed by atoms with Gasteiger partial charge in [0, 0.05) is 12.1 Å². The SMILES string of the molecule is CCCn1ncc(Cl)c1C(N)c1cc(OC)ccc1OC. The van der Waals surface area contributed by atoms with Crippen molar-refractivity contribution in [3.05, 3.63) is 40.7 Å². The molecule has 0 amide bonds. The predicted octanol–water partition coefficient (Wildman–Crippen LogP) is 3.01. The molecule has 0 fully saturated rings. The van der Waals surface area contributed by atoms with E-state index in [9.17, 15) is 0 Å². The minimum atomic E-state index is -0.434. The summed E-state index contributed by atoms with van der Waals surface area (Å²) in [5, 5.41) is 4.84. The van der Waals surface area contributed by atoms with Crippen LogP contribution in [0, 0.1) is 0 Å². The van der Waals surface area contributed by atoms with Gasteiger partial charge in [-0.2, -0.15) is 5.10 Å². The van der Waals surface area contributed by atoms with Crippen molar-refractivity contribution in [1.82, 2.24) is 9.78 Å². The maximum absolute atomic E-state index is 6.41. The molecule has 1 aromatic heterocycles. The molecule has 2 N–H and O–H groups in total. The summed E-state index contributed by atoms with van der Waals surface area (Å²) in [6.07, 6.45) is 2.58. The van der Waals surface area contributed by atoms with Crippen LogP contribution in [-0.2, 0) is 6.54 Å². The summed E-state index contributed by atoms with van der Waals surface area (Å²) >= 11 is 6.26. The fraction of sp³-hybridized carbons (Fsp3) is 0.400. The highest BCUT2D eigenvalue weighted by molar-refractivity contribution is 6.31. The van der Waals surface area contributed by atoms with Gasteiger partial charge in [-0.25, -0.2) is 0 Å². The van der Waals surface area contributed by atoms with Crippen LogP contribution < -0.4 is 15.2 Å². The number of hydrogen-bond donors (Lipinski definition) is 1. The summed E-state index contributed by atoms with van der Waals surface area (Å²) < 4.78 is 12.5. The second kappa shape index (κ2) is 6.83. The van der Waals surface area contributed by atoms with Gasteiger partial charge in [-0.15, -0.1) is 0 Å².